The number of aryl methyl sites for hydroxylation is 1. The van der Waals surface area contributed by atoms with E-state index in [4.69, 9.17) is 5.11 Å². The topological polar surface area (TPSA) is 79.3 Å². The van der Waals surface area contributed by atoms with Crippen molar-refractivity contribution in [2.75, 3.05) is 6.54 Å². The van der Waals surface area contributed by atoms with E-state index in [0.29, 0.717) is 24.4 Å². The number of hydrogen-bond acceptors (Lipinski definition) is 4. The van der Waals surface area contributed by atoms with Crippen molar-refractivity contribution in [3.8, 4) is 0 Å². The molecule has 2 aromatic rings. The molecule has 5 nitrogen and oxygen atoms in total. The van der Waals surface area contributed by atoms with Gasteiger partial charge in [-0.05, 0) is 12.5 Å². The van der Waals surface area contributed by atoms with Crippen molar-refractivity contribution in [2.45, 2.75) is 19.8 Å². The van der Waals surface area contributed by atoms with Gasteiger partial charge in [0.1, 0.15) is 0 Å². The molecule has 0 aliphatic heterocycles. The average molecular weight is 304 g/mol. The van der Waals surface area contributed by atoms with Crippen LogP contribution in [-0.2, 0) is 17.6 Å². The van der Waals surface area contributed by atoms with Crippen molar-refractivity contribution in [3.05, 3.63) is 51.5 Å². The molecule has 0 aliphatic carbocycles. The molecule has 2 N–H and O–H groups in total. The van der Waals surface area contributed by atoms with Gasteiger partial charge in [-0.2, -0.15) is 0 Å². The Labute approximate surface area is 126 Å². The van der Waals surface area contributed by atoms with Crippen LogP contribution in [0.1, 0.15) is 26.6 Å². The zero-order valence-electron chi connectivity index (χ0n) is 11.6. The Morgan fingerprint density at radius 1 is 1.38 bits per heavy atom. The number of carbonyl (C=O) groups excluding carboxylic acids is 1. The molecule has 0 fully saturated rings. The van der Waals surface area contributed by atoms with Gasteiger partial charge < -0.3 is 10.4 Å². The fourth-order valence-electron chi connectivity index (χ4n) is 1.90. The maximum absolute atomic E-state index is 11.8. The van der Waals surface area contributed by atoms with Gasteiger partial charge in [0.15, 0.2) is 5.69 Å². The molecule has 1 aromatic carbocycles. The number of nitrogens with zero attached hydrogens (tertiary/aromatic N) is 1. The van der Waals surface area contributed by atoms with E-state index in [9.17, 15) is 9.59 Å². The Morgan fingerprint density at radius 3 is 2.86 bits per heavy atom. The van der Waals surface area contributed by atoms with Crippen LogP contribution in [0.25, 0.3) is 0 Å². The molecule has 1 amide bonds. The fourth-order valence-corrected chi connectivity index (χ4v) is 2.67. The summed E-state index contributed by atoms with van der Waals surface area (Å²) in [5, 5.41) is 13.8. The molecule has 6 heteroatoms. The molecule has 1 aromatic heterocycles. The van der Waals surface area contributed by atoms with Crippen LogP contribution in [0.3, 0.4) is 0 Å². The molecular weight excluding hydrogens is 288 g/mol. The lowest BCUT2D eigenvalue weighted by atomic mass is 10.1. The first-order valence-electron chi connectivity index (χ1n) is 6.54. The normalized spacial score (nSPS) is 10.3. The molecule has 0 saturated heterocycles. The summed E-state index contributed by atoms with van der Waals surface area (Å²) in [5.74, 6) is -1.07. The van der Waals surface area contributed by atoms with E-state index in [1.807, 2.05) is 31.2 Å². The van der Waals surface area contributed by atoms with Gasteiger partial charge in [-0.15, -0.1) is 11.3 Å². The quantitative estimate of drug-likeness (QED) is 0.856. The largest absolute Gasteiger partial charge is 0.476 e. The summed E-state index contributed by atoms with van der Waals surface area (Å²) in [4.78, 5) is 26.5. The van der Waals surface area contributed by atoms with Crippen molar-refractivity contribution in [1.82, 2.24) is 10.3 Å². The van der Waals surface area contributed by atoms with Gasteiger partial charge in [-0.3, -0.25) is 4.79 Å². The Morgan fingerprint density at radius 2 is 2.19 bits per heavy atom. The summed E-state index contributed by atoms with van der Waals surface area (Å²) >= 11 is 1.29. The second kappa shape index (κ2) is 6.99. The molecule has 0 radical (unpaired) electrons. The van der Waals surface area contributed by atoms with Gasteiger partial charge in [0.05, 0.1) is 11.4 Å². The standard InChI is InChI=1S/C15H16N2O3S/c1-10-3-2-4-11(7-10)8-13(18)16-6-5-14-17-12(9-21-14)15(19)20/h2-4,7,9H,5-6,8H2,1H3,(H,16,18)(H,19,20). The van der Waals surface area contributed by atoms with Crippen LogP contribution in [0.15, 0.2) is 29.6 Å². The monoisotopic (exact) mass is 304 g/mol. The third-order valence-corrected chi connectivity index (χ3v) is 3.79. The Bertz CT molecular complexity index is 652. The molecule has 0 bridgehead atoms. The van der Waals surface area contributed by atoms with Crippen LogP contribution in [0, 0.1) is 6.92 Å². The lowest BCUT2D eigenvalue weighted by Gasteiger charge is -2.04. The number of benzene rings is 1. The number of carbonyl (C=O) groups is 2. The number of carboxylic acids is 1. The third-order valence-electron chi connectivity index (χ3n) is 2.88. The van der Waals surface area contributed by atoms with E-state index in [1.165, 1.54) is 16.7 Å². The van der Waals surface area contributed by atoms with Crippen molar-refractivity contribution in [3.63, 3.8) is 0 Å². The SMILES string of the molecule is Cc1cccc(CC(=O)NCCc2nc(C(=O)O)cs2)c1. The Balaban J connectivity index is 1.77. The second-order valence-corrected chi connectivity index (χ2v) is 5.64. The smallest absolute Gasteiger partial charge is 0.355 e. The molecular formula is C15H16N2O3S. The average Bonchev–Trinajstić information content (AvgIpc) is 2.87. The fraction of sp³-hybridized carbons (Fsp3) is 0.267. The van der Waals surface area contributed by atoms with Crippen LogP contribution in [-0.4, -0.2) is 28.5 Å². The maximum Gasteiger partial charge on any atom is 0.355 e. The number of aromatic carboxylic acids is 1. The lowest BCUT2D eigenvalue weighted by molar-refractivity contribution is -0.120. The summed E-state index contributed by atoms with van der Waals surface area (Å²) in [5.41, 5.74) is 2.17. The van der Waals surface area contributed by atoms with E-state index < -0.39 is 5.97 Å². The summed E-state index contributed by atoms with van der Waals surface area (Å²) in [6, 6.07) is 7.83. The highest BCUT2D eigenvalue weighted by molar-refractivity contribution is 7.09. The van der Waals surface area contributed by atoms with E-state index in [0.717, 1.165) is 11.1 Å². The predicted molar refractivity (Wildman–Crippen MR) is 80.7 cm³/mol. The second-order valence-electron chi connectivity index (χ2n) is 4.70. The van der Waals surface area contributed by atoms with E-state index in [2.05, 4.69) is 10.3 Å². The first-order chi connectivity index (χ1) is 10.0. The maximum atomic E-state index is 11.8. The van der Waals surface area contributed by atoms with Gasteiger partial charge in [0.2, 0.25) is 5.91 Å². The minimum atomic E-state index is -1.03. The van der Waals surface area contributed by atoms with E-state index in [1.54, 1.807) is 0 Å². The van der Waals surface area contributed by atoms with E-state index in [-0.39, 0.29) is 11.6 Å². The third kappa shape index (κ3) is 4.68. The molecule has 1 heterocycles. The molecule has 0 atom stereocenters. The zero-order chi connectivity index (χ0) is 15.2. The zero-order valence-corrected chi connectivity index (χ0v) is 12.4. The molecule has 2 rings (SSSR count). The van der Waals surface area contributed by atoms with Gasteiger partial charge in [-0.25, -0.2) is 9.78 Å². The number of aromatic nitrogens is 1. The summed E-state index contributed by atoms with van der Waals surface area (Å²) in [7, 11) is 0. The van der Waals surface area contributed by atoms with Crippen LogP contribution >= 0.6 is 11.3 Å². The highest BCUT2D eigenvalue weighted by atomic mass is 32.1. The minimum absolute atomic E-state index is 0.0457. The van der Waals surface area contributed by atoms with Crippen molar-refractivity contribution < 1.29 is 14.7 Å². The number of hydrogen-bond donors (Lipinski definition) is 2. The number of rotatable bonds is 6. The predicted octanol–water partition coefficient (Wildman–Crippen LogP) is 2.05. The first-order valence-corrected chi connectivity index (χ1v) is 7.42. The first kappa shape index (κ1) is 15.2. The molecule has 0 unspecified atom stereocenters. The van der Waals surface area contributed by atoms with E-state index >= 15 is 0 Å². The minimum Gasteiger partial charge on any atom is -0.476 e. The number of nitrogens with one attached hydrogen (secondary N) is 1. The number of carboxylic acid groups (broad SMARTS) is 1. The lowest BCUT2D eigenvalue weighted by Crippen LogP contribution is -2.27. The Kier molecular flexibility index (Phi) is 5.05. The van der Waals surface area contributed by atoms with Crippen LogP contribution < -0.4 is 5.32 Å². The molecule has 21 heavy (non-hydrogen) atoms. The van der Waals surface area contributed by atoms with Crippen LogP contribution in [0.2, 0.25) is 0 Å². The number of thiazole rings is 1. The summed E-state index contributed by atoms with van der Waals surface area (Å²) < 4.78 is 0. The summed E-state index contributed by atoms with van der Waals surface area (Å²) in [6.07, 6.45) is 0.886. The van der Waals surface area contributed by atoms with Gasteiger partial charge in [0.25, 0.3) is 0 Å². The van der Waals surface area contributed by atoms with Crippen molar-refractivity contribution in [1.29, 1.82) is 0 Å². The number of amides is 1. The van der Waals surface area contributed by atoms with Crippen molar-refractivity contribution in [2.24, 2.45) is 0 Å². The van der Waals surface area contributed by atoms with Gasteiger partial charge in [0, 0.05) is 18.3 Å². The summed E-state index contributed by atoms with van der Waals surface area (Å²) in [6.45, 7) is 2.45. The Hall–Kier alpha value is -2.21. The molecule has 0 aliphatic rings. The molecule has 0 spiro atoms. The van der Waals surface area contributed by atoms with Gasteiger partial charge >= 0.3 is 5.97 Å². The van der Waals surface area contributed by atoms with Crippen LogP contribution in [0.4, 0.5) is 0 Å². The van der Waals surface area contributed by atoms with Crippen molar-refractivity contribution >= 4 is 23.2 Å². The molecule has 110 valence electrons. The highest BCUT2D eigenvalue weighted by Gasteiger charge is 2.09. The van der Waals surface area contributed by atoms with Crippen LogP contribution in [0.5, 0.6) is 0 Å². The molecule has 0 saturated carbocycles. The van der Waals surface area contributed by atoms with Gasteiger partial charge in [-0.1, -0.05) is 29.8 Å². The highest BCUT2D eigenvalue weighted by Crippen LogP contribution is 2.10.